The van der Waals surface area contributed by atoms with Crippen molar-refractivity contribution in [3.8, 4) is 10.8 Å². The zero-order valence-corrected chi connectivity index (χ0v) is 16.0. The number of thioether (sulfide) groups is 1. The van der Waals surface area contributed by atoms with Crippen molar-refractivity contribution in [2.24, 2.45) is 0 Å². The van der Waals surface area contributed by atoms with E-state index in [0.717, 1.165) is 27.0 Å². The lowest BCUT2D eigenvalue weighted by molar-refractivity contribution is 0.419. The van der Waals surface area contributed by atoms with Crippen LogP contribution in [-0.4, -0.2) is 20.2 Å². The van der Waals surface area contributed by atoms with E-state index in [1.54, 1.807) is 22.7 Å². The summed E-state index contributed by atoms with van der Waals surface area (Å²) in [6.07, 6.45) is 0.559. The summed E-state index contributed by atoms with van der Waals surface area (Å²) in [7, 11) is 0. The van der Waals surface area contributed by atoms with E-state index in [0.29, 0.717) is 29.2 Å². The van der Waals surface area contributed by atoms with Crippen molar-refractivity contribution in [2.75, 3.05) is 0 Å². The normalized spacial score (nSPS) is 11.3. The zero-order valence-electron chi connectivity index (χ0n) is 13.6. The summed E-state index contributed by atoms with van der Waals surface area (Å²) in [5.41, 5.74) is 1.85. The van der Waals surface area contributed by atoms with Gasteiger partial charge in [0.25, 0.3) is 5.22 Å². The molecule has 6 nitrogen and oxygen atoms in total. The summed E-state index contributed by atoms with van der Waals surface area (Å²) >= 11 is 4.68. The van der Waals surface area contributed by atoms with E-state index < -0.39 is 0 Å². The molecule has 0 bridgehead atoms. The van der Waals surface area contributed by atoms with Crippen LogP contribution in [0.3, 0.4) is 0 Å². The lowest BCUT2D eigenvalue weighted by Gasteiger charge is -1.93. The van der Waals surface area contributed by atoms with Gasteiger partial charge in [-0.3, -0.25) is 0 Å². The maximum Gasteiger partial charge on any atom is 0.276 e. The van der Waals surface area contributed by atoms with Gasteiger partial charge in [-0.25, -0.2) is 9.97 Å². The Bertz CT molecular complexity index is 972. The number of oxazole rings is 1. The minimum absolute atomic E-state index is 0.530. The maximum absolute atomic E-state index is 5.75. The molecule has 0 amide bonds. The molecule has 0 aromatic carbocycles. The second-order valence-electron chi connectivity index (χ2n) is 5.28. The molecule has 4 heterocycles. The second kappa shape index (κ2) is 7.11. The van der Waals surface area contributed by atoms with Gasteiger partial charge in [-0.2, -0.15) is 0 Å². The Kier molecular flexibility index (Phi) is 4.69. The van der Waals surface area contributed by atoms with E-state index in [2.05, 4.69) is 20.2 Å². The summed E-state index contributed by atoms with van der Waals surface area (Å²) in [6, 6.07) is 3.98. The fourth-order valence-corrected chi connectivity index (χ4v) is 4.25. The number of thiophene rings is 1. The second-order valence-corrected chi connectivity index (χ2v) is 8.22. The van der Waals surface area contributed by atoms with Gasteiger partial charge in [0.05, 0.1) is 27.7 Å². The van der Waals surface area contributed by atoms with Gasteiger partial charge >= 0.3 is 0 Å². The van der Waals surface area contributed by atoms with Crippen LogP contribution >= 0.6 is 34.4 Å². The Labute approximate surface area is 156 Å². The van der Waals surface area contributed by atoms with Gasteiger partial charge in [-0.15, -0.1) is 32.9 Å². The Morgan fingerprint density at radius 1 is 1.12 bits per heavy atom. The number of aryl methyl sites for hydroxylation is 2. The topological polar surface area (TPSA) is 77.8 Å². The number of rotatable bonds is 6. The molecule has 25 heavy (non-hydrogen) atoms. The molecule has 4 aromatic rings. The quantitative estimate of drug-likeness (QED) is 0.440. The first-order valence-corrected chi connectivity index (χ1v) is 10.3. The lowest BCUT2D eigenvalue weighted by atomic mass is 10.3. The van der Waals surface area contributed by atoms with Crippen molar-refractivity contribution >= 4 is 34.4 Å². The van der Waals surface area contributed by atoms with Crippen LogP contribution in [0.2, 0.25) is 0 Å². The van der Waals surface area contributed by atoms with E-state index in [1.165, 1.54) is 11.8 Å². The van der Waals surface area contributed by atoms with Crippen molar-refractivity contribution in [1.29, 1.82) is 0 Å². The summed E-state index contributed by atoms with van der Waals surface area (Å²) in [5.74, 6) is 2.67. The minimum Gasteiger partial charge on any atom is -0.440 e. The highest BCUT2D eigenvalue weighted by atomic mass is 32.2. The molecule has 9 heteroatoms. The van der Waals surface area contributed by atoms with E-state index in [1.807, 2.05) is 36.7 Å². The van der Waals surface area contributed by atoms with Crippen LogP contribution in [-0.2, 0) is 12.2 Å². The summed E-state index contributed by atoms with van der Waals surface area (Å²) in [6.45, 7) is 3.90. The standard InChI is InChI=1S/C16H14N4O2S3/c1-9-12(18-15(21-9)13-4-3-5-23-13)8-25-16-20-19-14(22-16)6-11-7-24-10(2)17-11/h3-5,7H,6,8H2,1-2H3. The highest BCUT2D eigenvalue weighted by Crippen LogP contribution is 2.29. The highest BCUT2D eigenvalue weighted by molar-refractivity contribution is 7.98. The maximum atomic E-state index is 5.75. The number of hydrogen-bond acceptors (Lipinski definition) is 9. The molecule has 0 spiro atoms. The molecule has 128 valence electrons. The van der Waals surface area contributed by atoms with Crippen LogP contribution in [0.4, 0.5) is 0 Å². The molecule has 0 saturated carbocycles. The van der Waals surface area contributed by atoms with Crippen molar-refractivity contribution < 1.29 is 8.83 Å². The van der Waals surface area contributed by atoms with Crippen LogP contribution < -0.4 is 0 Å². The van der Waals surface area contributed by atoms with Gasteiger partial charge in [0.2, 0.25) is 11.8 Å². The fourth-order valence-electron chi connectivity index (χ4n) is 2.21. The minimum atomic E-state index is 0.530. The van der Waals surface area contributed by atoms with Crippen molar-refractivity contribution in [3.05, 3.63) is 50.9 Å². The first-order valence-electron chi connectivity index (χ1n) is 7.54. The Hall–Kier alpha value is -1.97. The predicted octanol–water partition coefficient (Wildman–Crippen LogP) is 4.74. The highest BCUT2D eigenvalue weighted by Gasteiger charge is 2.15. The number of hydrogen-bond donors (Lipinski definition) is 0. The molecule has 0 atom stereocenters. The largest absolute Gasteiger partial charge is 0.440 e. The monoisotopic (exact) mass is 390 g/mol. The third kappa shape index (κ3) is 3.83. The molecule has 4 rings (SSSR count). The van der Waals surface area contributed by atoms with Gasteiger partial charge in [-0.05, 0) is 25.3 Å². The molecule has 0 aliphatic heterocycles. The Morgan fingerprint density at radius 2 is 2.04 bits per heavy atom. The van der Waals surface area contributed by atoms with Crippen LogP contribution in [0.25, 0.3) is 10.8 Å². The third-order valence-electron chi connectivity index (χ3n) is 3.40. The molecule has 0 aliphatic rings. The molecule has 0 radical (unpaired) electrons. The van der Waals surface area contributed by atoms with E-state index in [-0.39, 0.29) is 0 Å². The Balaban J connectivity index is 1.40. The van der Waals surface area contributed by atoms with Gasteiger partial charge in [0.1, 0.15) is 5.76 Å². The van der Waals surface area contributed by atoms with Crippen LogP contribution in [0.1, 0.15) is 28.0 Å². The van der Waals surface area contributed by atoms with Crippen LogP contribution in [0, 0.1) is 13.8 Å². The van der Waals surface area contributed by atoms with Crippen LogP contribution in [0.5, 0.6) is 0 Å². The van der Waals surface area contributed by atoms with E-state index >= 15 is 0 Å². The molecular formula is C16H14N4O2S3. The molecule has 4 aromatic heterocycles. The van der Waals surface area contributed by atoms with Crippen molar-refractivity contribution in [3.63, 3.8) is 0 Å². The fraction of sp³-hybridized carbons (Fsp3) is 0.250. The summed E-state index contributed by atoms with van der Waals surface area (Å²) < 4.78 is 11.4. The van der Waals surface area contributed by atoms with Crippen LogP contribution in [0.15, 0.2) is 36.9 Å². The van der Waals surface area contributed by atoms with E-state index in [4.69, 9.17) is 8.83 Å². The molecule has 0 saturated heterocycles. The molecule has 0 N–H and O–H groups in total. The Morgan fingerprint density at radius 3 is 2.80 bits per heavy atom. The average Bonchev–Trinajstić information content (AvgIpc) is 3.35. The zero-order chi connectivity index (χ0) is 17.2. The first-order chi connectivity index (χ1) is 12.2. The first kappa shape index (κ1) is 16.5. The average molecular weight is 391 g/mol. The number of nitrogens with zero attached hydrogens (tertiary/aromatic N) is 4. The lowest BCUT2D eigenvalue weighted by Crippen LogP contribution is -1.88. The van der Waals surface area contributed by atoms with Gasteiger partial charge in [0, 0.05) is 11.1 Å². The molecule has 0 fully saturated rings. The number of thiazole rings is 1. The van der Waals surface area contributed by atoms with E-state index in [9.17, 15) is 0 Å². The van der Waals surface area contributed by atoms with Gasteiger partial charge in [0.15, 0.2) is 0 Å². The molecule has 0 unspecified atom stereocenters. The summed E-state index contributed by atoms with van der Waals surface area (Å²) in [4.78, 5) is 10.0. The van der Waals surface area contributed by atoms with Gasteiger partial charge in [-0.1, -0.05) is 17.8 Å². The third-order valence-corrected chi connectivity index (χ3v) is 5.91. The smallest absolute Gasteiger partial charge is 0.276 e. The van der Waals surface area contributed by atoms with Crippen molar-refractivity contribution in [1.82, 2.24) is 20.2 Å². The number of aromatic nitrogens is 4. The SMILES string of the molecule is Cc1nc(Cc2nnc(SCc3nc(-c4cccs4)oc3C)o2)cs1. The van der Waals surface area contributed by atoms with Gasteiger partial charge < -0.3 is 8.83 Å². The molecule has 0 aliphatic carbocycles. The predicted molar refractivity (Wildman–Crippen MR) is 98.1 cm³/mol. The summed E-state index contributed by atoms with van der Waals surface area (Å²) in [5, 5.41) is 13.8. The van der Waals surface area contributed by atoms with Crippen molar-refractivity contribution in [2.45, 2.75) is 31.2 Å². The molecular weight excluding hydrogens is 376 g/mol.